The highest BCUT2D eigenvalue weighted by Gasteiger charge is 2.12. The van der Waals surface area contributed by atoms with Crippen LogP contribution in [0.15, 0.2) is 59.6 Å². The quantitative estimate of drug-likeness (QED) is 0.386. The molecule has 0 aliphatic rings. The van der Waals surface area contributed by atoms with E-state index in [-0.39, 0.29) is 17.2 Å². The number of para-hydroxylation sites is 1. The van der Waals surface area contributed by atoms with Crippen LogP contribution in [-0.2, 0) is 0 Å². The minimum Gasteiger partial charge on any atom is -0.318 e. The first-order valence-corrected chi connectivity index (χ1v) is 7.70. The van der Waals surface area contributed by atoms with Gasteiger partial charge in [0.2, 0.25) is 0 Å². The van der Waals surface area contributed by atoms with Gasteiger partial charge in [0, 0.05) is 35.3 Å². The van der Waals surface area contributed by atoms with E-state index in [2.05, 4.69) is 4.99 Å². The van der Waals surface area contributed by atoms with Crippen LogP contribution < -0.4 is 0 Å². The molecule has 126 valence electrons. The van der Waals surface area contributed by atoms with Gasteiger partial charge in [0.25, 0.3) is 5.69 Å². The normalized spacial score (nSPS) is 11.2. The summed E-state index contributed by atoms with van der Waals surface area (Å²) < 4.78 is 15.6. The first kappa shape index (κ1) is 16.6. The van der Waals surface area contributed by atoms with Crippen LogP contribution in [0, 0.1) is 29.8 Å². The smallest absolute Gasteiger partial charge is 0.271 e. The number of nitrogens with zero attached hydrogens (tertiary/aromatic N) is 3. The van der Waals surface area contributed by atoms with Gasteiger partial charge in [-0.25, -0.2) is 4.39 Å². The van der Waals surface area contributed by atoms with Crippen molar-refractivity contribution in [3.63, 3.8) is 0 Å². The molecular weight excluding hydrogens is 321 g/mol. The molecule has 0 saturated heterocycles. The molecule has 0 saturated carbocycles. The third-order valence-corrected chi connectivity index (χ3v) is 3.96. The molecule has 0 bridgehead atoms. The number of nitro benzene ring substituents is 1. The van der Waals surface area contributed by atoms with Crippen molar-refractivity contribution in [2.45, 2.75) is 13.8 Å². The van der Waals surface area contributed by atoms with Crippen molar-refractivity contribution in [3.05, 3.63) is 87.5 Å². The van der Waals surface area contributed by atoms with Gasteiger partial charge in [-0.3, -0.25) is 15.1 Å². The van der Waals surface area contributed by atoms with Crippen molar-refractivity contribution in [3.8, 4) is 5.69 Å². The van der Waals surface area contributed by atoms with E-state index in [9.17, 15) is 14.5 Å². The monoisotopic (exact) mass is 337 g/mol. The lowest BCUT2D eigenvalue weighted by Gasteiger charge is -2.09. The summed E-state index contributed by atoms with van der Waals surface area (Å²) in [4.78, 5) is 14.8. The Hall–Kier alpha value is -3.28. The summed E-state index contributed by atoms with van der Waals surface area (Å²) in [6.45, 7) is 3.81. The molecule has 5 nitrogen and oxygen atoms in total. The molecule has 2 aromatic carbocycles. The second kappa shape index (κ2) is 6.68. The third kappa shape index (κ3) is 3.33. The number of aromatic nitrogens is 1. The number of non-ortho nitro benzene ring substituents is 1. The molecule has 0 aliphatic heterocycles. The summed E-state index contributed by atoms with van der Waals surface area (Å²) in [5.74, 6) is -0.383. The van der Waals surface area contributed by atoms with E-state index in [1.807, 2.05) is 30.5 Å². The van der Waals surface area contributed by atoms with E-state index >= 15 is 0 Å². The van der Waals surface area contributed by atoms with Gasteiger partial charge >= 0.3 is 0 Å². The standard InChI is InChI=1S/C19H16FN3O2/c1-13-10-15(12-21-19-9-4-3-8-18(19)20)14(2)22(13)16-6-5-7-17(11-16)23(24)25/h3-12H,1-2H3. The molecule has 0 amide bonds. The summed E-state index contributed by atoms with van der Waals surface area (Å²) in [6, 6.07) is 14.7. The number of rotatable bonds is 4. The van der Waals surface area contributed by atoms with Gasteiger partial charge in [-0.15, -0.1) is 0 Å². The fourth-order valence-electron chi connectivity index (χ4n) is 2.76. The highest BCUT2D eigenvalue weighted by Crippen LogP contribution is 2.24. The van der Waals surface area contributed by atoms with E-state index in [1.165, 1.54) is 18.2 Å². The number of aryl methyl sites for hydroxylation is 1. The van der Waals surface area contributed by atoms with Gasteiger partial charge in [0.1, 0.15) is 5.82 Å². The Kier molecular flexibility index (Phi) is 4.43. The van der Waals surface area contributed by atoms with Gasteiger partial charge in [-0.2, -0.15) is 0 Å². The van der Waals surface area contributed by atoms with E-state index in [1.54, 1.807) is 30.5 Å². The molecule has 0 N–H and O–H groups in total. The number of hydrogen-bond acceptors (Lipinski definition) is 3. The maximum atomic E-state index is 13.7. The number of benzene rings is 2. The van der Waals surface area contributed by atoms with E-state index < -0.39 is 4.92 Å². The molecule has 1 aromatic heterocycles. The molecule has 0 aliphatic carbocycles. The SMILES string of the molecule is Cc1cc(C=Nc2ccccc2F)c(C)n1-c1cccc([N+](=O)[O-])c1. The van der Waals surface area contributed by atoms with Crippen molar-refractivity contribution < 1.29 is 9.31 Å². The van der Waals surface area contributed by atoms with E-state index in [0.29, 0.717) is 5.69 Å². The molecule has 1 heterocycles. The second-order valence-corrected chi connectivity index (χ2v) is 5.65. The summed E-state index contributed by atoms with van der Waals surface area (Å²) in [7, 11) is 0. The molecular formula is C19H16FN3O2. The minimum atomic E-state index is -0.418. The zero-order chi connectivity index (χ0) is 18.0. The Morgan fingerprint density at radius 3 is 2.60 bits per heavy atom. The number of aliphatic imine (C=N–C) groups is 1. The predicted octanol–water partition coefficient (Wildman–Crippen LogP) is 4.89. The molecule has 0 unspecified atom stereocenters. The molecule has 3 aromatic rings. The van der Waals surface area contributed by atoms with Crippen molar-refractivity contribution in [2.24, 2.45) is 4.99 Å². The van der Waals surface area contributed by atoms with Gasteiger partial charge in [-0.1, -0.05) is 18.2 Å². The van der Waals surface area contributed by atoms with Crippen LogP contribution in [0.1, 0.15) is 17.0 Å². The van der Waals surface area contributed by atoms with Crippen LogP contribution in [0.3, 0.4) is 0 Å². The van der Waals surface area contributed by atoms with Gasteiger partial charge in [-0.05, 0) is 38.1 Å². The number of nitro groups is 1. The van der Waals surface area contributed by atoms with Crippen LogP contribution in [0.4, 0.5) is 15.8 Å². The molecule has 0 atom stereocenters. The predicted molar refractivity (Wildman–Crippen MR) is 95.6 cm³/mol. The fraction of sp³-hybridized carbons (Fsp3) is 0.105. The lowest BCUT2D eigenvalue weighted by molar-refractivity contribution is -0.384. The topological polar surface area (TPSA) is 60.4 Å². The number of halogens is 1. The zero-order valence-corrected chi connectivity index (χ0v) is 13.8. The lowest BCUT2D eigenvalue weighted by Crippen LogP contribution is -2.00. The fourth-order valence-corrected chi connectivity index (χ4v) is 2.76. The van der Waals surface area contributed by atoms with Crippen molar-refractivity contribution in [1.29, 1.82) is 0 Å². The Bertz CT molecular complexity index is 977. The Morgan fingerprint density at radius 2 is 1.88 bits per heavy atom. The van der Waals surface area contributed by atoms with Crippen LogP contribution in [0.25, 0.3) is 5.69 Å². The third-order valence-electron chi connectivity index (χ3n) is 3.96. The van der Waals surface area contributed by atoms with Crippen LogP contribution in [-0.4, -0.2) is 15.7 Å². The average molecular weight is 337 g/mol. The molecule has 0 radical (unpaired) electrons. The van der Waals surface area contributed by atoms with Gasteiger partial charge in [0.05, 0.1) is 16.3 Å². The van der Waals surface area contributed by atoms with Crippen LogP contribution >= 0.6 is 0 Å². The van der Waals surface area contributed by atoms with Crippen LogP contribution in [0.2, 0.25) is 0 Å². The maximum absolute atomic E-state index is 13.7. The molecule has 3 rings (SSSR count). The van der Waals surface area contributed by atoms with Crippen molar-refractivity contribution in [2.75, 3.05) is 0 Å². The maximum Gasteiger partial charge on any atom is 0.271 e. The first-order valence-electron chi connectivity index (χ1n) is 7.70. The Morgan fingerprint density at radius 1 is 1.12 bits per heavy atom. The van der Waals surface area contributed by atoms with Gasteiger partial charge < -0.3 is 4.57 Å². The van der Waals surface area contributed by atoms with Crippen LogP contribution in [0.5, 0.6) is 0 Å². The largest absolute Gasteiger partial charge is 0.318 e. The molecule has 0 fully saturated rings. The summed E-state index contributed by atoms with van der Waals surface area (Å²) in [5.41, 5.74) is 3.61. The second-order valence-electron chi connectivity index (χ2n) is 5.65. The van der Waals surface area contributed by atoms with Crippen molar-refractivity contribution in [1.82, 2.24) is 4.57 Å². The zero-order valence-electron chi connectivity index (χ0n) is 13.8. The summed E-state index contributed by atoms with van der Waals surface area (Å²) in [5, 5.41) is 11.0. The van der Waals surface area contributed by atoms with E-state index in [0.717, 1.165) is 17.0 Å². The van der Waals surface area contributed by atoms with E-state index in [4.69, 9.17) is 0 Å². The first-order chi connectivity index (χ1) is 12.0. The summed E-state index contributed by atoms with van der Waals surface area (Å²) >= 11 is 0. The highest BCUT2D eigenvalue weighted by molar-refractivity contribution is 5.84. The molecule has 0 spiro atoms. The molecule has 6 heteroatoms. The Balaban J connectivity index is 2.01. The summed E-state index contributed by atoms with van der Waals surface area (Å²) in [6.07, 6.45) is 1.61. The van der Waals surface area contributed by atoms with Crippen molar-refractivity contribution >= 4 is 17.6 Å². The molecule has 25 heavy (non-hydrogen) atoms. The minimum absolute atomic E-state index is 0.0339. The van der Waals surface area contributed by atoms with Gasteiger partial charge in [0.15, 0.2) is 0 Å². The lowest BCUT2D eigenvalue weighted by atomic mass is 10.2. The number of hydrogen-bond donors (Lipinski definition) is 0. The Labute approximate surface area is 144 Å². The average Bonchev–Trinajstić information content (AvgIpc) is 2.88. The highest BCUT2D eigenvalue weighted by atomic mass is 19.1.